The van der Waals surface area contributed by atoms with Gasteiger partial charge in [-0.1, -0.05) is 23.7 Å². The molecule has 0 bridgehead atoms. The fourth-order valence-electron chi connectivity index (χ4n) is 2.60. The zero-order valence-electron chi connectivity index (χ0n) is 13.1. The lowest BCUT2D eigenvalue weighted by Crippen LogP contribution is -2.32. The molecule has 25 heavy (non-hydrogen) atoms. The van der Waals surface area contributed by atoms with E-state index in [9.17, 15) is 14.5 Å². The number of nitrogens with zero attached hydrogens (tertiary/aromatic N) is 3. The molecule has 5 nitrogen and oxygen atoms in total. The Balaban J connectivity index is 2.43. The van der Waals surface area contributed by atoms with E-state index in [1.165, 1.54) is 6.07 Å². The standard InChI is InChI=1S/C17H13ClFN3O2S/c1-25-17(21-23)15-9-22(24)16(11-4-2-3-5-13(11)19)12-8-10(18)6-7-14(12)20-15/h2-8,24H,9H2,1H3/b17-15+. The maximum absolute atomic E-state index is 14.4. The maximum atomic E-state index is 14.4. The van der Waals surface area contributed by atoms with Gasteiger partial charge in [-0.2, -0.15) is 0 Å². The first-order valence-electron chi connectivity index (χ1n) is 7.25. The first-order valence-corrected chi connectivity index (χ1v) is 8.86. The monoisotopic (exact) mass is 377 g/mol. The SMILES string of the molecule is CS/C(N=O)=C1\CN(O)C(c2ccccc2F)=c2cc(Cl)ccc2=N1. The van der Waals surface area contributed by atoms with Crippen LogP contribution < -0.4 is 10.6 Å². The highest BCUT2D eigenvalue weighted by Crippen LogP contribution is 2.24. The van der Waals surface area contributed by atoms with E-state index < -0.39 is 5.82 Å². The molecule has 0 saturated carbocycles. The molecule has 3 rings (SSSR count). The van der Waals surface area contributed by atoms with Crippen LogP contribution in [-0.2, 0) is 0 Å². The zero-order chi connectivity index (χ0) is 18.0. The summed E-state index contributed by atoms with van der Waals surface area (Å²) in [5.74, 6) is -0.492. The molecular formula is C17H13ClFN3O2S. The molecule has 2 aromatic carbocycles. The van der Waals surface area contributed by atoms with Gasteiger partial charge in [-0.25, -0.2) is 14.4 Å². The highest BCUT2D eigenvalue weighted by Gasteiger charge is 2.21. The van der Waals surface area contributed by atoms with Crippen LogP contribution in [-0.4, -0.2) is 23.1 Å². The predicted molar refractivity (Wildman–Crippen MR) is 96.0 cm³/mol. The molecule has 2 aromatic rings. The van der Waals surface area contributed by atoms with E-state index in [0.29, 0.717) is 21.3 Å². The average Bonchev–Trinajstić information content (AvgIpc) is 2.73. The topological polar surface area (TPSA) is 65.3 Å². The van der Waals surface area contributed by atoms with Crippen LogP contribution in [0.25, 0.3) is 5.70 Å². The minimum absolute atomic E-state index is 0.113. The molecule has 0 atom stereocenters. The fourth-order valence-corrected chi connectivity index (χ4v) is 3.19. The van der Waals surface area contributed by atoms with Gasteiger partial charge in [-0.15, -0.1) is 16.7 Å². The highest BCUT2D eigenvalue weighted by atomic mass is 35.5. The van der Waals surface area contributed by atoms with E-state index in [0.717, 1.165) is 16.8 Å². The van der Waals surface area contributed by atoms with Crippen LogP contribution in [0.3, 0.4) is 0 Å². The van der Waals surface area contributed by atoms with Crippen molar-refractivity contribution in [3.8, 4) is 0 Å². The highest BCUT2D eigenvalue weighted by molar-refractivity contribution is 8.02. The fraction of sp³-hybridized carbons (Fsp3) is 0.118. The number of nitroso groups, excluding NO2 is 1. The van der Waals surface area contributed by atoms with E-state index in [1.54, 1.807) is 42.7 Å². The second kappa shape index (κ2) is 7.35. The Morgan fingerprint density at radius 3 is 2.80 bits per heavy atom. The van der Waals surface area contributed by atoms with Crippen molar-refractivity contribution >= 4 is 29.1 Å². The minimum atomic E-state index is -0.492. The van der Waals surface area contributed by atoms with Gasteiger partial charge in [0, 0.05) is 15.8 Å². The van der Waals surface area contributed by atoms with Gasteiger partial charge in [0.1, 0.15) is 5.82 Å². The number of benzene rings is 2. The maximum Gasteiger partial charge on any atom is 0.164 e. The smallest absolute Gasteiger partial charge is 0.164 e. The molecular weight excluding hydrogens is 365 g/mol. The van der Waals surface area contributed by atoms with Gasteiger partial charge in [0.2, 0.25) is 0 Å². The number of hydrogen-bond acceptors (Lipinski definition) is 6. The van der Waals surface area contributed by atoms with Gasteiger partial charge < -0.3 is 0 Å². The van der Waals surface area contributed by atoms with Crippen LogP contribution in [0, 0.1) is 10.7 Å². The van der Waals surface area contributed by atoms with Gasteiger partial charge >= 0.3 is 0 Å². The molecule has 0 unspecified atom stereocenters. The van der Waals surface area contributed by atoms with E-state index in [1.807, 2.05) is 0 Å². The summed E-state index contributed by atoms with van der Waals surface area (Å²) in [7, 11) is 0. The lowest BCUT2D eigenvalue weighted by molar-refractivity contribution is -0.0188. The largest absolute Gasteiger partial charge is 0.288 e. The third-order valence-electron chi connectivity index (χ3n) is 3.68. The summed E-state index contributed by atoms with van der Waals surface area (Å²) in [6.07, 6.45) is 1.69. The molecule has 0 spiro atoms. The number of halogens is 2. The summed E-state index contributed by atoms with van der Waals surface area (Å²) in [6.45, 7) is -0.113. The van der Waals surface area contributed by atoms with Crippen molar-refractivity contribution < 1.29 is 9.60 Å². The summed E-state index contributed by atoms with van der Waals surface area (Å²) in [4.78, 5) is 15.5. The molecule has 1 aliphatic rings. The first-order chi connectivity index (χ1) is 12.0. The summed E-state index contributed by atoms with van der Waals surface area (Å²) in [6, 6.07) is 11.0. The molecule has 1 aliphatic heterocycles. The average molecular weight is 378 g/mol. The van der Waals surface area contributed by atoms with E-state index in [4.69, 9.17) is 11.6 Å². The van der Waals surface area contributed by atoms with Crippen LogP contribution in [0.4, 0.5) is 4.39 Å². The van der Waals surface area contributed by atoms with Crippen molar-refractivity contribution in [1.82, 2.24) is 5.06 Å². The molecule has 1 heterocycles. The molecule has 0 aliphatic carbocycles. The van der Waals surface area contributed by atoms with Crippen LogP contribution in [0.2, 0.25) is 5.02 Å². The van der Waals surface area contributed by atoms with E-state index in [-0.39, 0.29) is 22.8 Å². The lowest BCUT2D eigenvalue weighted by Gasteiger charge is -2.20. The van der Waals surface area contributed by atoms with E-state index in [2.05, 4.69) is 10.2 Å². The Kier molecular flexibility index (Phi) is 5.17. The number of hydrogen-bond donors (Lipinski definition) is 1. The normalized spacial score (nSPS) is 16.0. The Morgan fingerprint density at radius 1 is 1.36 bits per heavy atom. The molecule has 0 saturated heterocycles. The number of hydroxylamine groups is 2. The predicted octanol–water partition coefficient (Wildman–Crippen LogP) is 3.26. The summed E-state index contributed by atoms with van der Waals surface area (Å²) >= 11 is 7.22. The van der Waals surface area contributed by atoms with Crippen LogP contribution in [0.5, 0.6) is 0 Å². The van der Waals surface area contributed by atoms with Gasteiger partial charge in [-0.05, 0) is 41.8 Å². The van der Waals surface area contributed by atoms with Gasteiger partial charge in [-0.3, -0.25) is 5.21 Å². The number of thioether (sulfide) groups is 1. The van der Waals surface area contributed by atoms with Gasteiger partial charge in [0.15, 0.2) is 5.03 Å². The third kappa shape index (κ3) is 3.44. The van der Waals surface area contributed by atoms with Crippen molar-refractivity contribution in [3.63, 3.8) is 0 Å². The Hall–Kier alpha value is -2.22. The van der Waals surface area contributed by atoms with Gasteiger partial charge in [0.25, 0.3) is 0 Å². The first kappa shape index (κ1) is 17.6. The molecule has 0 radical (unpaired) electrons. The summed E-state index contributed by atoms with van der Waals surface area (Å²) < 4.78 is 14.4. The van der Waals surface area contributed by atoms with Crippen molar-refractivity contribution in [2.24, 2.45) is 10.2 Å². The lowest BCUT2D eigenvalue weighted by atomic mass is 10.1. The van der Waals surface area contributed by atoms with Crippen LogP contribution in [0.1, 0.15) is 5.56 Å². The van der Waals surface area contributed by atoms with Crippen molar-refractivity contribution in [1.29, 1.82) is 0 Å². The van der Waals surface area contributed by atoms with Gasteiger partial charge in [0.05, 0.1) is 23.3 Å². The van der Waals surface area contributed by atoms with Crippen molar-refractivity contribution in [2.75, 3.05) is 12.8 Å². The third-order valence-corrected chi connectivity index (χ3v) is 4.61. The second-order valence-electron chi connectivity index (χ2n) is 5.21. The molecule has 8 heteroatoms. The van der Waals surface area contributed by atoms with E-state index >= 15 is 0 Å². The Morgan fingerprint density at radius 2 is 2.12 bits per heavy atom. The number of fused-ring (bicyclic) bond motifs is 1. The molecule has 0 aromatic heterocycles. The summed E-state index contributed by atoms with van der Waals surface area (Å²) in [5.41, 5.74) is 0.718. The quantitative estimate of drug-likeness (QED) is 0.834. The number of rotatable bonds is 3. The summed E-state index contributed by atoms with van der Waals surface area (Å²) in [5, 5.41) is 15.9. The second-order valence-corrected chi connectivity index (χ2v) is 6.44. The zero-order valence-corrected chi connectivity index (χ0v) is 14.7. The molecule has 0 amide bonds. The minimum Gasteiger partial charge on any atom is -0.288 e. The Labute approximate surface area is 152 Å². The molecule has 128 valence electrons. The van der Waals surface area contributed by atoms with Crippen LogP contribution >= 0.6 is 23.4 Å². The van der Waals surface area contributed by atoms with Crippen molar-refractivity contribution in [2.45, 2.75) is 0 Å². The van der Waals surface area contributed by atoms with Crippen molar-refractivity contribution in [3.05, 3.63) is 85.1 Å². The van der Waals surface area contributed by atoms with Crippen LogP contribution in [0.15, 0.2) is 63.4 Å². The molecule has 0 fully saturated rings. The molecule has 1 N–H and O–H groups in total. The Bertz CT molecular complexity index is 994.